The smallest absolute Gasteiger partial charge is 0.255 e. The van der Waals surface area contributed by atoms with Gasteiger partial charge in [-0.2, -0.15) is 5.10 Å². The second kappa shape index (κ2) is 9.80. The van der Waals surface area contributed by atoms with E-state index in [1.165, 1.54) is 23.1 Å². The summed E-state index contributed by atoms with van der Waals surface area (Å²) >= 11 is 0. The zero-order valence-electron chi connectivity index (χ0n) is 23.6. The normalized spacial score (nSPS) is 26.2. The van der Waals surface area contributed by atoms with E-state index in [-0.39, 0.29) is 29.6 Å². The van der Waals surface area contributed by atoms with E-state index in [2.05, 4.69) is 62.6 Å². The van der Waals surface area contributed by atoms with Crippen molar-refractivity contribution in [1.29, 1.82) is 0 Å². The number of imide groups is 1. The van der Waals surface area contributed by atoms with Crippen LogP contribution in [0.3, 0.4) is 0 Å². The number of hydrogen-bond acceptors (Lipinski definition) is 6. The Kier molecular flexibility index (Phi) is 6.00. The molecule has 2 aromatic carbocycles. The Labute approximate surface area is 244 Å². The molecule has 42 heavy (non-hydrogen) atoms. The molecule has 0 bridgehead atoms. The van der Waals surface area contributed by atoms with Crippen LogP contribution in [0.25, 0.3) is 0 Å². The highest BCUT2D eigenvalue weighted by molar-refractivity contribution is 6.05. The lowest BCUT2D eigenvalue weighted by molar-refractivity contribution is -0.136. The lowest BCUT2D eigenvalue weighted by Gasteiger charge is -2.38. The Morgan fingerprint density at radius 3 is 2.69 bits per heavy atom. The highest BCUT2D eigenvalue weighted by atomic mass is 16.5. The van der Waals surface area contributed by atoms with Crippen LogP contribution in [0, 0.1) is 5.92 Å². The molecule has 9 nitrogen and oxygen atoms in total. The Morgan fingerprint density at radius 2 is 1.88 bits per heavy atom. The van der Waals surface area contributed by atoms with E-state index in [0.717, 1.165) is 50.3 Å². The minimum Gasteiger partial charge on any atom is -0.492 e. The van der Waals surface area contributed by atoms with Crippen LogP contribution in [0.15, 0.2) is 54.9 Å². The molecule has 3 amide bonds. The third-order valence-electron chi connectivity index (χ3n) is 10.2. The fourth-order valence-electron chi connectivity index (χ4n) is 7.68. The van der Waals surface area contributed by atoms with Crippen LogP contribution in [0.4, 0.5) is 0 Å². The van der Waals surface area contributed by atoms with Gasteiger partial charge in [0.05, 0.1) is 19.3 Å². The maximum atomic E-state index is 13.2. The fraction of sp³-hybridized carbons (Fsp3) is 0.455. The van der Waals surface area contributed by atoms with Crippen molar-refractivity contribution in [3.63, 3.8) is 0 Å². The largest absolute Gasteiger partial charge is 0.492 e. The fourth-order valence-corrected chi connectivity index (χ4v) is 7.68. The van der Waals surface area contributed by atoms with Crippen LogP contribution in [0.2, 0.25) is 0 Å². The first-order valence-corrected chi connectivity index (χ1v) is 15.2. The summed E-state index contributed by atoms with van der Waals surface area (Å²) in [5.41, 5.74) is 5.36. The first-order valence-electron chi connectivity index (χ1n) is 15.2. The predicted molar refractivity (Wildman–Crippen MR) is 154 cm³/mol. The van der Waals surface area contributed by atoms with Gasteiger partial charge in [-0.15, -0.1) is 0 Å². The van der Waals surface area contributed by atoms with Crippen molar-refractivity contribution < 1.29 is 19.1 Å². The standard InChI is InChI=1S/C33H35N5O4/c39-29-9-8-28(31(40)35-29)38-19-26-24(32(38)41)6-7-27-30(26)42-20-33(27)10-12-36(13-11-33)16-21-15-34-37(17-21)18-23-14-25(23)22-4-2-1-3-5-22/h1-7,15,17,23,25,28H,8-14,16,18-20H2,(H,35,39,40)/t23?,25-,28+/m1/s1. The molecule has 1 N–H and O–H groups in total. The summed E-state index contributed by atoms with van der Waals surface area (Å²) in [5, 5.41) is 7.06. The summed E-state index contributed by atoms with van der Waals surface area (Å²) in [5.74, 6) is 1.35. The Bertz CT molecular complexity index is 1570. The van der Waals surface area contributed by atoms with Crippen molar-refractivity contribution in [3.05, 3.63) is 82.7 Å². The number of benzene rings is 2. The summed E-state index contributed by atoms with van der Waals surface area (Å²) in [6.45, 7) is 4.81. The average Bonchev–Trinajstić information content (AvgIpc) is 3.28. The van der Waals surface area contributed by atoms with Gasteiger partial charge in [-0.25, -0.2) is 0 Å². The molecule has 0 radical (unpaired) electrons. The lowest BCUT2D eigenvalue weighted by atomic mass is 9.74. The summed E-state index contributed by atoms with van der Waals surface area (Å²) in [6.07, 6.45) is 8.09. The minimum absolute atomic E-state index is 0.0471. The highest BCUT2D eigenvalue weighted by Gasteiger charge is 2.47. The molecule has 1 unspecified atom stereocenters. The molecule has 9 heteroatoms. The van der Waals surface area contributed by atoms with E-state index in [4.69, 9.17) is 4.74 Å². The molecule has 2 saturated heterocycles. The van der Waals surface area contributed by atoms with E-state index in [1.807, 2.05) is 12.3 Å². The van der Waals surface area contributed by atoms with Gasteiger partial charge in [0, 0.05) is 53.4 Å². The van der Waals surface area contributed by atoms with E-state index < -0.39 is 6.04 Å². The Hall–Kier alpha value is -3.98. The van der Waals surface area contributed by atoms with Crippen molar-refractivity contribution in [1.82, 2.24) is 24.9 Å². The molecular weight excluding hydrogens is 530 g/mol. The molecule has 3 fully saturated rings. The molecule has 1 aliphatic carbocycles. The molecule has 1 aromatic heterocycles. The summed E-state index contributed by atoms with van der Waals surface area (Å²) in [7, 11) is 0. The van der Waals surface area contributed by atoms with Gasteiger partial charge in [-0.05, 0) is 62.2 Å². The Balaban J connectivity index is 0.900. The molecular formula is C33H35N5O4. The lowest BCUT2D eigenvalue weighted by Crippen LogP contribution is -2.52. The molecule has 1 saturated carbocycles. The summed E-state index contributed by atoms with van der Waals surface area (Å²) in [6, 6.07) is 14.2. The number of hydrogen-bond donors (Lipinski definition) is 1. The zero-order valence-corrected chi connectivity index (χ0v) is 23.6. The van der Waals surface area contributed by atoms with E-state index >= 15 is 0 Å². The van der Waals surface area contributed by atoms with Crippen LogP contribution in [0.1, 0.15) is 70.6 Å². The zero-order chi connectivity index (χ0) is 28.4. The van der Waals surface area contributed by atoms with Gasteiger partial charge in [0.1, 0.15) is 11.8 Å². The third-order valence-corrected chi connectivity index (χ3v) is 10.2. The van der Waals surface area contributed by atoms with E-state index in [0.29, 0.717) is 37.0 Å². The summed E-state index contributed by atoms with van der Waals surface area (Å²) < 4.78 is 8.46. The number of rotatable bonds is 6. The number of ether oxygens (including phenoxy) is 1. The molecule has 3 aromatic rings. The first-order chi connectivity index (χ1) is 20.5. The van der Waals surface area contributed by atoms with Crippen molar-refractivity contribution in [3.8, 4) is 5.75 Å². The van der Waals surface area contributed by atoms with Crippen LogP contribution in [-0.4, -0.2) is 63.0 Å². The highest BCUT2D eigenvalue weighted by Crippen LogP contribution is 2.50. The van der Waals surface area contributed by atoms with Crippen LogP contribution in [0.5, 0.6) is 5.75 Å². The molecule has 5 aliphatic rings. The van der Waals surface area contributed by atoms with Gasteiger partial charge < -0.3 is 9.64 Å². The number of piperidine rings is 2. The molecule has 216 valence electrons. The van der Waals surface area contributed by atoms with Crippen LogP contribution >= 0.6 is 0 Å². The maximum absolute atomic E-state index is 13.2. The number of carbonyl (C=O) groups is 3. The van der Waals surface area contributed by atoms with Gasteiger partial charge in [-0.3, -0.25) is 29.3 Å². The van der Waals surface area contributed by atoms with E-state index in [9.17, 15) is 14.4 Å². The monoisotopic (exact) mass is 565 g/mol. The van der Waals surface area contributed by atoms with E-state index in [1.54, 1.807) is 4.90 Å². The molecule has 4 aliphatic heterocycles. The second-order valence-electron chi connectivity index (χ2n) is 12.8. The van der Waals surface area contributed by atoms with Crippen molar-refractivity contribution in [2.75, 3.05) is 19.7 Å². The first kappa shape index (κ1) is 25.7. The molecule has 8 rings (SSSR count). The number of aromatic nitrogens is 2. The predicted octanol–water partition coefficient (Wildman–Crippen LogP) is 3.37. The van der Waals surface area contributed by atoms with Gasteiger partial charge in [0.25, 0.3) is 5.91 Å². The maximum Gasteiger partial charge on any atom is 0.255 e. The van der Waals surface area contributed by atoms with Gasteiger partial charge in [-0.1, -0.05) is 36.4 Å². The van der Waals surface area contributed by atoms with Crippen LogP contribution in [-0.2, 0) is 34.6 Å². The van der Waals surface area contributed by atoms with Crippen LogP contribution < -0.4 is 10.1 Å². The van der Waals surface area contributed by atoms with Crippen molar-refractivity contribution in [2.24, 2.45) is 5.92 Å². The van der Waals surface area contributed by atoms with Gasteiger partial charge in [0.15, 0.2) is 0 Å². The SMILES string of the molecule is O=C1CC[C@H](N2Cc3c(ccc4c3OCC43CCN(Cc4cnn(CC5C[C@@H]5c5ccccc5)c4)CC3)C2=O)C(=O)N1. The molecule has 1 spiro atoms. The average molecular weight is 566 g/mol. The third kappa shape index (κ3) is 4.33. The van der Waals surface area contributed by atoms with Crippen molar-refractivity contribution >= 4 is 17.7 Å². The number of amides is 3. The van der Waals surface area contributed by atoms with Gasteiger partial charge >= 0.3 is 0 Å². The minimum atomic E-state index is -0.615. The number of likely N-dealkylation sites (tertiary alicyclic amines) is 1. The number of carbonyl (C=O) groups excluding carboxylic acids is 3. The topological polar surface area (TPSA) is 96.8 Å². The molecule has 5 heterocycles. The second-order valence-corrected chi connectivity index (χ2v) is 12.8. The number of fused-ring (bicyclic) bond motifs is 4. The number of nitrogens with zero attached hydrogens (tertiary/aromatic N) is 4. The quantitative estimate of drug-likeness (QED) is 0.461. The number of nitrogens with one attached hydrogen (secondary N) is 1. The van der Waals surface area contributed by atoms with Crippen molar-refractivity contribution in [2.45, 2.75) is 69.1 Å². The Morgan fingerprint density at radius 1 is 1.05 bits per heavy atom. The summed E-state index contributed by atoms with van der Waals surface area (Å²) in [4.78, 5) is 41.5. The molecule has 3 atom stereocenters. The van der Waals surface area contributed by atoms with Gasteiger partial charge in [0.2, 0.25) is 11.8 Å².